The highest BCUT2D eigenvalue weighted by molar-refractivity contribution is 7.89. The molecule has 2 unspecified atom stereocenters. The number of nitrogens with one attached hydrogen (secondary N) is 1. The van der Waals surface area contributed by atoms with E-state index in [0.29, 0.717) is 26.3 Å². The Labute approximate surface area is 123 Å². The van der Waals surface area contributed by atoms with E-state index in [-0.39, 0.29) is 6.04 Å². The number of rotatable bonds is 12. The fraction of sp³-hybridized carbons (Fsp3) is 1.00. The van der Waals surface area contributed by atoms with Gasteiger partial charge in [0.2, 0.25) is 10.0 Å². The third kappa shape index (κ3) is 6.49. The van der Waals surface area contributed by atoms with Crippen molar-refractivity contribution in [2.45, 2.75) is 38.5 Å². The van der Waals surface area contributed by atoms with Crippen LogP contribution in [0.2, 0.25) is 0 Å². The molecule has 6 nitrogen and oxygen atoms in total. The predicted molar refractivity (Wildman–Crippen MR) is 81.5 cm³/mol. The van der Waals surface area contributed by atoms with Crippen LogP contribution in [0, 0.1) is 0 Å². The molecule has 0 heterocycles. The van der Waals surface area contributed by atoms with Crippen molar-refractivity contribution in [1.82, 2.24) is 9.62 Å². The molecule has 0 aromatic heterocycles. The zero-order chi connectivity index (χ0) is 15.6. The van der Waals surface area contributed by atoms with Crippen LogP contribution in [0.5, 0.6) is 0 Å². The van der Waals surface area contributed by atoms with Gasteiger partial charge in [-0.25, -0.2) is 8.42 Å². The number of nitrogens with zero attached hydrogens (tertiary/aromatic N) is 1. The molecule has 0 aromatic carbocycles. The van der Waals surface area contributed by atoms with Crippen molar-refractivity contribution in [3.8, 4) is 0 Å². The first-order chi connectivity index (χ1) is 9.41. The van der Waals surface area contributed by atoms with Crippen molar-refractivity contribution in [1.29, 1.82) is 0 Å². The minimum Gasteiger partial charge on any atom is -0.383 e. The molecule has 0 aliphatic heterocycles. The molecule has 0 saturated heterocycles. The lowest BCUT2D eigenvalue weighted by atomic mass is 10.3. The lowest BCUT2D eigenvalue weighted by Crippen LogP contribution is -2.48. The number of hydrogen-bond donors (Lipinski definition) is 1. The SMILES string of the molecule is CCCNCC(C)S(=O)(=O)N(CCOC)C(C)COC. The largest absolute Gasteiger partial charge is 0.383 e. The molecule has 7 heteroatoms. The Morgan fingerprint density at radius 3 is 2.35 bits per heavy atom. The summed E-state index contributed by atoms with van der Waals surface area (Å²) in [5.41, 5.74) is 0. The molecule has 20 heavy (non-hydrogen) atoms. The molecule has 122 valence electrons. The van der Waals surface area contributed by atoms with Gasteiger partial charge in [0.1, 0.15) is 0 Å². The van der Waals surface area contributed by atoms with E-state index in [1.54, 1.807) is 21.1 Å². The summed E-state index contributed by atoms with van der Waals surface area (Å²) in [6, 6.07) is -0.200. The third-order valence-corrected chi connectivity index (χ3v) is 5.49. The summed E-state index contributed by atoms with van der Waals surface area (Å²) in [4.78, 5) is 0. The van der Waals surface area contributed by atoms with Gasteiger partial charge in [-0.05, 0) is 26.8 Å². The average molecular weight is 310 g/mol. The monoisotopic (exact) mass is 310 g/mol. The van der Waals surface area contributed by atoms with Crippen LogP contribution in [-0.2, 0) is 19.5 Å². The van der Waals surface area contributed by atoms with Gasteiger partial charge in [0.05, 0.1) is 18.5 Å². The highest BCUT2D eigenvalue weighted by atomic mass is 32.2. The van der Waals surface area contributed by atoms with E-state index in [2.05, 4.69) is 12.2 Å². The molecule has 0 aromatic rings. The number of ether oxygens (including phenoxy) is 2. The van der Waals surface area contributed by atoms with Crippen molar-refractivity contribution in [2.24, 2.45) is 0 Å². The number of hydrogen-bond acceptors (Lipinski definition) is 5. The lowest BCUT2D eigenvalue weighted by molar-refractivity contribution is 0.118. The topological polar surface area (TPSA) is 67.9 Å². The smallest absolute Gasteiger partial charge is 0.218 e. The van der Waals surface area contributed by atoms with Gasteiger partial charge < -0.3 is 14.8 Å². The molecule has 0 radical (unpaired) electrons. The molecular formula is C13H30N2O4S. The van der Waals surface area contributed by atoms with Crippen LogP contribution in [0.15, 0.2) is 0 Å². The van der Waals surface area contributed by atoms with Gasteiger partial charge in [-0.2, -0.15) is 4.31 Å². The molecule has 0 aliphatic rings. The highest BCUT2D eigenvalue weighted by Gasteiger charge is 2.31. The summed E-state index contributed by atoms with van der Waals surface area (Å²) >= 11 is 0. The van der Waals surface area contributed by atoms with E-state index >= 15 is 0 Å². The molecule has 0 saturated carbocycles. The maximum atomic E-state index is 12.6. The van der Waals surface area contributed by atoms with Crippen LogP contribution in [0.4, 0.5) is 0 Å². The van der Waals surface area contributed by atoms with Crippen molar-refractivity contribution in [3.63, 3.8) is 0 Å². The molecule has 0 aliphatic carbocycles. The van der Waals surface area contributed by atoms with E-state index in [1.807, 2.05) is 6.92 Å². The van der Waals surface area contributed by atoms with E-state index in [1.165, 1.54) is 4.31 Å². The van der Waals surface area contributed by atoms with Crippen molar-refractivity contribution in [3.05, 3.63) is 0 Å². The Morgan fingerprint density at radius 2 is 1.85 bits per heavy atom. The maximum absolute atomic E-state index is 12.6. The van der Waals surface area contributed by atoms with Gasteiger partial charge >= 0.3 is 0 Å². The molecule has 1 N–H and O–H groups in total. The lowest BCUT2D eigenvalue weighted by Gasteiger charge is -2.30. The fourth-order valence-electron chi connectivity index (χ4n) is 1.92. The fourth-order valence-corrected chi connectivity index (χ4v) is 3.60. The Kier molecular flexibility index (Phi) is 10.4. The second-order valence-electron chi connectivity index (χ2n) is 4.97. The number of sulfonamides is 1. The normalized spacial score (nSPS) is 15.5. The summed E-state index contributed by atoms with van der Waals surface area (Å²) in [7, 11) is -0.224. The van der Waals surface area contributed by atoms with E-state index < -0.39 is 15.3 Å². The highest BCUT2D eigenvalue weighted by Crippen LogP contribution is 2.13. The second-order valence-corrected chi connectivity index (χ2v) is 7.27. The summed E-state index contributed by atoms with van der Waals surface area (Å²) in [5, 5.41) is 2.69. The Hall–Kier alpha value is -0.210. The van der Waals surface area contributed by atoms with Gasteiger partial charge in [-0.3, -0.25) is 0 Å². The van der Waals surface area contributed by atoms with Crippen molar-refractivity contribution >= 4 is 10.0 Å². The quantitative estimate of drug-likeness (QED) is 0.537. The zero-order valence-corrected chi connectivity index (χ0v) is 14.2. The first kappa shape index (κ1) is 19.8. The average Bonchev–Trinajstić information content (AvgIpc) is 2.39. The summed E-state index contributed by atoms with van der Waals surface area (Å²) in [6.07, 6.45) is 0.986. The predicted octanol–water partition coefficient (Wildman–Crippen LogP) is 0.688. The van der Waals surface area contributed by atoms with E-state index in [0.717, 1.165) is 13.0 Å². The summed E-state index contributed by atoms with van der Waals surface area (Å²) < 4.78 is 36.8. The van der Waals surface area contributed by atoms with Crippen LogP contribution in [0.3, 0.4) is 0 Å². The molecule has 0 amide bonds. The van der Waals surface area contributed by atoms with Crippen LogP contribution in [-0.4, -0.2) is 71.1 Å². The molecule has 0 bridgehead atoms. The van der Waals surface area contributed by atoms with Crippen LogP contribution in [0.25, 0.3) is 0 Å². The molecular weight excluding hydrogens is 280 g/mol. The van der Waals surface area contributed by atoms with E-state index in [9.17, 15) is 8.42 Å². The van der Waals surface area contributed by atoms with Crippen molar-refractivity contribution in [2.75, 3.05) is 47.1 Å². The van der Waals surface area contributed by atoms with Gasteiger partial charge in [-0.1, -0.05) is 6.92 Å². The maximum Gasteiger partial charge on any atom is 0.218 e. The van der Waals surface area contributed by atoms with Crippen molar-refractivity contribution < 1.29 is 17.9 Å². The molecule has 2 atom stereocenters. The van der Waals surface area contributed by atoms with Gasteiger partial charge in [0.25, 0.3) is 0 Å². The molecule has 0 rings (SSSR count). The van der Waals surface area contributed by atoms with Crippen LogP contribution >= 0.6 is 0 Å². The Morgan fingerprint density at radius 1 is 1.20 bits per heavy atom. The van der Waals surface area contributed by atoms with Gasteiger partial charge in [0.15, 0.2) is 0 Å². The first-order valence-electron chi connectivity index (χ1n) is 7.11. The van der Waals surface area contributed by atoms with Gasteiger partial charge in [0, 0.05) is 33.4 Å². The number of methoxy groups -OCH3 is 2. The summed E-state index contributed by atoms with van der Waals surface area (Å²) in [6.45, 7) is 8.02. The Balaban J connectivity index is 4.81. The summed E-state index contributed by atoms with van der Waals surface area (Å²) in [5.74, 6) is 0. The van der Waals surface area contributed by atoms with Gasteiger partial charge in [-0.15, -0.1) is 0 Å². The molecule has 0 fully saturated rings. The standard InChI is InChI=1S/C13H30N2O4S/c1-6-7-14-10-13(3)20(16,17)15(8-9-18-4)12(2)11-19-5/h12-14H,6-11H2,1-5H3. The minimum atomic E-state index is -3.36. The van der Waals surface area contributed by atoms with E-state index in [4.69, 9.17) is 9.47 Å². The third-order valence-electron chi connectivity index (χ3n) is 3.11. The zero-order valence-electron chi connectivity index (χ0n) is 13.4. The Bertz CT molecular complexity index is 335. The van der Waals surface area contributed by atoms with Crippen LogP contribution in [0.1, 0.15) is 27.2 Å². The molecule has 0 spiro atoms. The van der Waals surface area contributed by atoms with Crippen LogP contribution < -0.4 is 5.32 Å². The first-order valence-corrected chi connectivity index (χ1v) is 8.61. The minimum absolute atomic E-state index is 0.200. The second kappa shape index (κ2) is 10.5.